The van der Waals surface area contributed by atoms with Crippen molar-refractivity contribution in [2.75, 3.05) is 14.2 Å². The summed E-state index contributed by atoms with van der Waals surface area (Å²) in [4.78, 5) is 12.1. The first-order valence-electron chi connectivity index (χ1n) is 7.14. The predicted octanol–water partition coefficient (Wildman–Crippen LogP) is 0.431. The number of nitrogens with zero attached hydrogens (tertiary/aromatic N) is 3. The number of carbonyl (C=O) groups excluding carboxylic acids is 1. The molecule has 2 saturated carbocycles. The molecule has 1 aromatic heterocycles. The summed E-state index contributed by atoms with van der Waals surface area (Å²) in [6, 6.07) is 1.41. The molecule has 0 radical (unpaired) electrons. The first-order chi connectivity index (χ1) is 10.4. The zero-order valence-corrected chi connectivity index (χ0v) is 13.3. The Labute approximate surface area is 129 Å². The van der Waals surface area contributed by atoms with Gasteiger partial charge in [-0.3, -0.25) is 4.79 Å². The molecule has 0 saturated heterocycles. The van der Waals surface area contributed by atoms with Crippen LogP contribution in [-0.4, -0.2) is 49.0 Å². The molecule has 22 heavy (non-hydrogen) atoms. The van der Waals surface area contributed by atoms with Crippen molar-refractivity contribution in [1.82, 2.24) is 19.2 Å². The molecular weight excluding hydrogens is 308 g/mol. The topological polar surface area (TPSA) is 101 Å². The van der Waals surface area contributed by atoms with Crippen LogP contribution in [0.3, 0.4) is 0 Å². The molecule has 0 atom stereocenters. The Morgan fingerprint density at radius 3 is 2.55 bits per heavy atom. The van der Waals surface area contributed by atoms with Crippen LogP contribution in [0.1, 0.15) is 47.8 Å². The highest BCUT2D eigenvalue weighted by atomic mass is 32.2. The first-order valence-corrected chi connectivity index (χ1v) is 8.58. The van der Waals surface area contributed by atoms with Gasteiger partial charge in [-0.15, -0.1) is 5.10 Å². The molecule has 0 unspecified atom stereocenters. The minimum Gasteiger partial charge on any atom is -0.495 e. The fourth-order valence-electron chi connectivity index (χ4n) is 2.17. The molecule has 0 aromatic carbocycles. The van der Waals surface area contributed by atoms with E-state index in [0.717, 1.165) is 31.4 Å². The molecule has 120 valence electrons. The van der Waals surface area contributed by atoms with E-state index in [1.165, 1.54) is 24.5 Å². The Hall–Kier alpha value is -1.74. The summed E-state index contributed by atoms with van der Waals surface area (Å²) in [6.45, 7) is 0. The molecule has 9 heteroatoms. The van der Waals surface area contributed by atoms with E-state index in [0.29, 0.717) is 11.7 Å². The van der Waals surface area contributed by atoms with Gasteiger partial charge in [0, 0.05) is 25.1 Å². The van der Waals surface area contributed by atoms with Gasteiger partial charge in [-0.25, -0.2) is 4.72 Å². The molecule has 2 fully saturated rings. The number of hydrogen-bond acceptors (Lipinski definition) is 6. The van der Waals surface area contributed by atoms with Gasteiger partial charge in [-0.2, -0.15) is 17.8 Å². The molecule has 0 aliphatic heterocycles. The molecule has 1 N–H and O–H groups in total. The van der Waals surface area contributed by atoms with Gasteiger partial charge in [-0.05, 0) is 25.7 Å². The number of ether oxygens (including phenoxy) is 1. The number of hydrogen-bond donors (Lipinski definition) is 1. The Bertz CT molecular complexity index is 698. The minimum absolute atomic E-state index is 0.0248. The standard InChI is InChI=1S/C13H18N4O4S/c1-17(9-5-6-9)22(19,20)16-13(18)10-7-11(21-2)12(15-14-10)8-3-4-8/h7-9H,3-6H2,1-2H3,(H,16,18). The number of methoxy groups -OCH3 is 1. The maximum absolute atomic E-state index is 12.1. The lowest BCUT2D eigenvalue weighted by Gasteiger charge is -2.16. The smallest absolute Gasteiger partial charge is 0.304 e. The Morgan fingerprint density at radius 1 is 1.32 bits per heavy atom. The average molecular weight is 326 g/mol. The van der Waals surface area contributed by atoms with E-state index >= 15 is 0 Å². The monoisotopic (exact) mass is 326 g/mol. The van der Waals surface area contributed by atoms with E-state index in [2.05, 4.69) is 10.2 Å². The molecule has 1 aromatic rings. The molecule has 8 nitrogen and oxygen atoms in total. The van der Waals surface area contributed by atoms with Crippen LogP contribution in [0.5, 0.6) is 5.75 Å². The van der Waals surface area contributed by atoms with Crippen molar-refractivity contribution >= 4 is 16.1 Å². The average Bonchev–Trinajstić information content (AvgIpc) is 3.38. The Morgan fingerprint density at radius 2 is 2.00 bits per heavy atom. The van der Waals surface area contributed by atoms with Gasteiger partial charge in [0.2, 0.25) is 0 Å². The van der Waals surface area contributed by atoms with E-state index in [1.54, 1.807) is 0 Å². The van der Waals surface area contributed by atoms with Crippen molar-refractivity contribution in [2.24, 2.45) is 0 Å². The first kappa shape index (κ1) is 15.2. The van der Waals surface area contributed by atoms with Crippen molar-refractivity contribution in [3.63, 3.8) is 0 Å². The van der Waals surface area contributed by atoms with Crippen LogP contribution in [0.25, 0.3) is 0 Å². The fraction of sp³-hybridized carbons (Fsp3) is 0.615. The van der Waals surface area contributed by atoms with E-state index in [4.69, 9.17) is 4.74 Å². The van der Waals surface area contributed by atoms with Crippen LogP contribution >= 0.6 is 0 Å². The summed E-state index contributed by atoms with van der Waals surface area (Å²) < 4.78 is 32.5. The molecule has 2 aliphatic rings. The molecule has 1 amide bonds. The van der Waals surface area contributed by atoms with Gasteiger partial charge in [0.05, 0.1) is 7.11 Å². The number of aromatic nitrogens is 2. The second-order valence-electron chi connectivity index (χ2n) is 5.64. The van der Waals surface area contributed by atoms with Crippen LogP contribution in [0.4, 0.5) is 0 Å². The highest BCUT2D eigenvalue weighted by molar-refractivity contribution is 7.87. The zero-order valence-electron chi connectivity index (χ0n) is 12.4. The van der Waals surface area contributed by atoms with Gasteiger partial charge < -0.3 is 4.74 Å². The lowest BCUT2D eigenvalue weighted by atomic mass is 10.2. The summed E-state index contributed by atoms with van der Waals surface area (Å²) >= 11 is 0. The van der Waals surface area contributed by atoms with E-state index in [-0.39, 0.29) is 11.7 Å². The normalized spacial score (nSPS) is 18.3. The third-order valence-electron chi connectivity index (χ3n) is 3.86. The van der Waals surface area contributed by atoms with E-state index in [1.807, 2.05) is 4.72 Å². The molecule has 0 spiro atoms. The fourth-order valence-corrected chi connectivity index (χ4v) is 3.26. The summed E-state index contributed by atoms with van der Waals surface area (Å²) in [7, 11) is -0.911. The zero-order chi connectivity index (χ0) is 15.9. The molecular formula is C13H18N4O4S. The minimum atomic E-state index is -3.85. The van der Waals surface area contributed by atoms with Crippen LogP contribution in [0, 0.1) is 0 Å². The van der Waals surface area contributed by atoms with E-state index < -0.39 is 16.1 Å². The van der Waals surface area contributed by atoms with Crippen LogP contribution in [0.15, 0.2) is 6.07 Å². The lowest BCUT2D eigenvalue weighted by molar-refractivity contribution is 0.0973. The Balaban J connectivity index is 1.77. The summed E-state index contributed by atoms with van der Waals surface area (Å²) in [6.07, 6.45) is 3.68. The van der Waals surface area contributed by atoms with Gasteiger partial charge >= 0.3 is 10.2 Å². The third-order valence-corrected chi connectivity index (χ3v) is 5.36. The van der Waals surface area contributed by atoms with Gasteiger partial charge in [0.1, 0.15) is 11.4 Å². The molecule has 0 bridgehead atoms. The highest BCUT2D eigenvalue weighted by Gasteiger charge is 2.35. The van der Waals surface area contributed by atoms with Crippen molar-refractivity contribution in [3.05, 3.63) is 17.5 Å². The third kappa shape index (κ3) is 3.05. The molecule has 3 rings (SSSR count). The van der Waals surface area contributed by atoms with Gasteiger partial charge in [0.25, 0.3) is 5.91 Å². The second kappa shape index (κ2) is 5.47. The quantitative estimate of drug-likeness (QED) is 0.813. The van der Waals surface area contributed by atoms with Crippen molar-refractivity contribution in [3.8, 4) is 5.75 Å². The summed E-state index contributed by atoms with van der Waals surface area (Å²) in [5.74, 6) is -0.0134. The number of nitrogens with one attached hydrogen (secondary N) is 1. The van der Waals surface area contributed by atoms with Crippen molar-refractivity contribution < 1.29 is 17.9 Å². The number of rotatable bonds is 6. The summed E-state index contributed by atoms with van der Waals surface area (Å²) in [5, 5.41) is 7.84. The lowest BCUT2D eigenvalue weighted by Crippen LogP contribution is -2.42. The van der Waals surface area contributed by atoms with Crippen LogP contribution in [0.2, 0.25) is 0 Å². The molecule has 2 aliphatic carbocycles. The highest BCUT2D eigenvalue weighted by Crippen LogP contribution is 2.42. The number of carbonyl (C=O) groups is 1. The predicted molar refractivity (Wildman–Crippen MR) is 77.7 cm³/mol. The number of amides is 1. The Kier molecular flexibility index (Phi) is 3.77. The largest absolute Gasteiger partial charge is 0.495 e. The van der Waals surface area contributed by atoms with Gasteiger partial charge in [0.15, 0.2) is 5.69 Å². The van der Waals surface area contributed by atoms with E-state index in [9.17, 15) is 13.2 Å². The van der Waals surface area contributed by atoms with Crippen LogP contribution < -0.4 is 9.46 Å². The van der Waals surface area contributed by atoms with Gasteiger partial charge in [-0.1, -0.05) is 0 Å². The second-order valence-corrected chi connectivity index (χ2v) is 7.37. The molecule has 1 heterocycles. The maximum Gasteiger partial charge on any atom is 0.304 e. The van der Waals surface area contributed by atoms with Crippen molar-refractivity contribution in [2.45, 2.75) is 37.6 Å². The van der Waals surface area contributed by atoms with Crippen LogP contribution in [-0.2, 0) is 10.2 Å². The SMILES string of the molecule is COc1cc(C(=O)NS(=O)(=O)N(C)C2CC2)nnc1C1CC1. The maximum atomic E-state index is 12.1. The van der Waals surface area contributed by atoms with Crippen molar-refractivity contribution in [1.29, 1.82) is 0 Å². The summed E-state index contributed by atoms with van der Waals surface area (Å²) in [5.41, 5.74) is 0.644.